The van der Waals surface area contributed by atoms with Crippen molar-refractivity contribution in [3.8, 4) is 0 Å². The highest BCUT2D eigenvalue weighted by molar-refractivity contribution is 5.81. The molecule has 1 aliphatic carbocycles. The first-order valence-electron chi connectivity index (χ1n) is 8.93. The lowest BCUT2D eigenvalue weighted by Crippen LogP contribution is -2.45. The molecular formula is C18H26N2O3. The first-order chi connectivity index (χ1) is 11.2. The van der Waals surface area contributed by atoms with E-state index in [9.17, 15) is 4.79 Å². The maximum atomic E-state index is 12.2. The van der Waals surface area contributed by atoms with Crippen LogP contribution >= 0.6 is 0 Å². The highest BCUT2D eigenvalue weighted by atomic mass is 16.5. The monoisotopic (exact) mass is 318 g/mol. The summed E-state index contributed by atoms with van der Waals surface area (Å²) in [5, 5.41) is 3.06. The molecule has 4 rings (SSSR count). The molecule has 0 bridgehead atoms. The number of amides is 1. The number of piperidine rings is 1. The average Bonchev–Trinajstić information content (AvgIpc) is 3.08. The van der Waals surface area contributed by atoms with E-state index < -0.39 is 0 Å². The van der Waals surface area contributed by atoms with Gasteiger partial charge in [-0.3, -0.25) is 9.69 Å². The fourth-order valence-electron chi connectivity index (χ4n) is 3.79. The maximum Gasteiger partial charge on any atom is 0.249 e. The average molecular weight is 318 g/mol. The van der Waals surface area contributed by atoms with Gasteiger partial charge in [-0.2, -0.15) is 0 Å². The van der Waals surface area contributed by atoms with Gasteiger partial charge in [-0.05, 0) is 56.6 Å². The van der Waals surface area contributed by atoms with Crippen LogP contribution in [-0.2, 0) is 16.1 Å². The standard InChI is InChI=1S/C18H26N2O3/c21-17(19-12-14-3-4-14)16-5-6-18(23-16)7-9-20(10-8-18)13-15-2-1-11-22-15/h1-2,11,14,16H,3-10,12-13H2,(H,19,21). The second kappa shape index (κ2) is 6.29. The molecule has 1 spiro atoms. The molecule has 1 atom stereocenters. The summed E-state index contributed by atoms with van der Waals surface area (Å²) in [6, 6.07) is 3.96. The minimum Gasteiger partial charge on any atom is -0.468 e. The molecule has 2 saturated heterocycles. The molecule has 1 N–H and O–H groups in total. The molecule has 0 radical (unpaired) electrons. The van der Waals surface area contributed by atoms with Crippen LogP contribution in [0.3, 0.4) is 0 Å². The Morgan fingerprint density at radius 1 is 1.26 bits per heavy atom. The largest absolute Gasteiger partial charge is 0.468 e. The van der Waals surface area contributed by atoms with Crippen LogP contribution < -0.4 is 5.32 Å². The topological polar surface area (TPSA) is 54.7 Å². The van der Waals surface area contributed by atoms with Gasteiger partial charge in [-0.25, -0.2) is 0 Å². The van der Waals surface area contributed by atoms with E-state index in [1.807, 2.05) is 12.1 Å². The van der Waals surface area contributed by atoms with Gasteiger partial charge in [-0.1, -0.05) is 0 Å². The van der Waals surface area contributed by atoms with E-state index in [0.29, 0.717) is 0 Å². The maximum absolute atomic E-state index is 12.2. The third kappa shape index (κ3) is 3.61. The number of nitrogens with zero attached hydrogens (tertiary/aromatic N) is 1. The Balaban J connectivity index is 1.25. The highest BCUT2D eigenvalue weighted by Gasteiger charge is 2.44. The fraction of sp³-hybridized carbons (Fsp3) is 0.722. The van der Waals surface area contributed by atoms with Crippen LogP contribution in [0.2, 0.25) is 0 Å². The molecule has 1 saturated carbocycles. The molecule has 0 aromatic carbocycles. The highest BCUT2D eigenvalue weighted by Crippen LogP contribution is 2.39. The van der Waals surface area contributed by atoms with Crippen LogP contribution in [-0.4, -0.2) is 42.1 Å². The van der Waals surface area contributed by atoms with Crippen molar-refractivity contribution < 1.29 is 13.9 Å². The van der Waals surface area contributed by atoms with Gasteiger partial charge >= 0.3 is 0 Å². The Labute approximate surface area is 137 Å². The molecule has 3 heterocycles. The van der Waals surface area contributed by atoms with Crippen molar-refractivity contribution in [2.45, 2.75) is 56.8 Å². The van der Waals surface area contributed by atoms with Gasteiger partial charge in [0.2, 0.25) is 5.91 Å². The molecule has 1 unspecified atom stereocenters. The van der Waals surface area contributed by atoms with Crippen molar-refractivity contribution in [2.24, 2.45) is 5.92 Å². The number of likely N-dealkylation sites (tertiary alicyclic amines) is 1. The van der Waals surface area contributed by atoms with Crippen LogP contribution in [0.1, 0.15) is 44.3 Å². The lowest BCUT2D eigenvalue weighted by Gasteiger charge is -2.38. The van der Waals surface area contributed by atoms with Gasteiger partial charge in [0, 0.05) is 19.6 Å². The number of furan rings is 1. The number of hydrogen-bond acceptors (Lipinski definition) is 4. The Kier molecular flexibility index (Phi) is 4.16. The minimum absolute atomic E-state index is 0.0682. The van der Waals surface area contributed by atoms with Gasteiger partial charge < -0.3 is 14.5 Å². The normalized spacial score (nSPS) is 27.4. The first kappa shape index (κ1) is 15.2. The van der Waals surface area contributed by atoms with E-state index in [2.05, 4.69) is 10.2 Å². The van der Waals surface area contributed by atoms with Gasteiger partial charge in [0.25, 0.3) is 0 Å². The van der Waals surface area contributed by atoms with Crippen LogP contribution in [0.15, 0.2) is 22.8 Å². The zero-order valence-corrected chi connectivity index (χ0v) is 13.6. The van der Waals surface area contributed by atoms with Crippen molar-refractivity contribution in [1.82, 2.24) is 10.2 Å². The summed E-state index contributed by atoms with van der Waals surface area (Å²) in [7, 11) is 0. The summed E-state index contributed by atoms with van der Waals surface area (Å²) in [5.74, 6) is 1.84. The predicted octanol–water partition coefficient (Wildman–Crippen LogP) is 2.32. The molecule has 23 heavy (non-hydrogen) atoms. The quantitative estimate of drug-likeness (QED) is 0.905. The van der Waals surface area contributed by atoms with Gasteiger partial charge in [-0.15, -0.1) is 0 Å². The molecule has 1 aromatic rings. The van der Waals surface area contributed by atoms with E-state index in [1.54, 1.807) is 6.26 Å². The Hall–Kier alpha value is -1.33. The van der Waals surface area contributed by atoms with Crippen molar-refractivity contribution in [3.63, 3.8) is 0 Å². The smallest absolute Gasteiger partial charge is 0.249 e. The summed E-state index contributed by atoms with van der Waals surface area (Å²) >= 11 is 0. The number of carbonyl (C=O) groups is 1. The van der Waals surface area contributed by atoms with E-state index in [0.717, 1.165) is 63.5 Å². The molecule has 5 heteroatoms. The Morgan fingerprint density at radius 2 is 2.09 bits per heavy atom. The summed E-state index contributed by atoms with van der Waals surface area (Å²) in [6.45, 7) is 3.73. The zero-order valence-electron chi connectivity index (χ0n) is 13.6. The van der Waals surface area contributed by atoms with Crippen molar-refractivity contribution >= 4 is 5.91 Å². The molecule has 1 aromatic heterocycles. The van der Waals surface area contributed by atoms with Crippen LogP contribution in [0, 0.1) is 5.92 Å². The van der Waals surface area contributed by atoms with Crippen LogP contribution in [0.4, 0.5) is 0 Å². The predicted molar refractivity (Wildman–Crippen MR) is 85.8 cm³/mol. The molecule has 126 valence electrons. The zero-order chi connectivity index (χ0) is 15.7. The number of nitrogens with one attached hydrogen (secondary N) is 1. The second-order valence-corrected chi connectivity index (χ2v) is 7.37. The minimum atomic E-state index is -0.231. The lowest BCUT2D eigenvalue weighted by molar-refractivity contribution is -0.141. The second-order valence-electron chi connectivity index (χ2n) is 7.37. The molecule has 5 nitrogen and oxygen atoms in total. The third-order valence-corrected chi connectivity index (χ3v) is 5.54. The van der Waals surface area contributed by atoms with Gasteiger partial charge in [0.05, 0.1) is 18.4 Å². The number of hydrogen-bond donors (Lipinski definition) is 1. The van der Waals surface area contributed by atoms with Crippen LogP contribution in [0.25, 0.3) is 0 Å². The van der Waals surface area contributed by atoms with Crippen molar-refractivity contribution in [3.05, 3.63) is 24.2 Å². The van der Waals surface area contributed by atoms with Gasteiger partial charge in [0.1, 0.15) is 11.9 Å². The summed E-state index contributed by atoms with van der Waals surface area (Å²) in [4.78, 5) is 14.6. The Bertz CT molecular complexity index is 530. The van der Waals surface area contributed by atoms with E-state index in [-0.39, 0.29) is 17.6 Å². The summed E-state index contributed by atoms with van der Waals surface area (Å²) < 4.78 is 11.7. The number of ether oxygens (including phenoxy) is 1. The van der Waals surface area contributed by atoms with Gasteiger partial charge in [0.15, 0.2) is 0 Å². The fourth-order valence-corrected chi connectivity index (χ4v) is 3.79. The summed E-state index contributed by atoms with van der Waals surface area (Å²) in [5.41, 5.74) is -0.0682. The SMILES string of the molecule is O=C(NCC1CC1)C1CCC2(CCN(Cc3ccco3)CC2)O1. The molecule has 3 fully saturated rings. The number of carbonyl (C=O) groups excluding carboxylic acids is 1. The molecule has 3 aliphatic rings. The number of rotatable bonds is 5. The van der Waals surface area contributed by atoms with Crippen molar-refractivity contribution in [2.75, 3.05) is 19.6 Å². The molecular weight excluding hydrogens is 292 g/mol. The first-order valence-corrected chi connectivity index (χ1v) is 8.93. The van der Waals surface area contributed by atoms with E-state index in [4.69, 9.17) is 9.15 Å². The summed E-state index contributed by atoms with van der Waals surface area (Å²) in [6.07, 6.45) is 7.94. The Morgan fingerprint density at radius 3 is 2.78 bits per heavy atom. The van der Waals surface area contributed by atoms with E-state index >= 15 is 0 Å². The third-order valence-electron chi connectivity index (χ3n) is 5.54. The molecule has 2 aliphatic heterocycles. The van der Waals surface area contributed by atoms with Crippen LogP contribution in [0.5, 0.6) is 0 Å². The molecule has 1 amide bonds. The lowest BCUT2D eigenvalue weighted by atomic mass is 9.88. The van der Waals surface area contributed by atoms with E-state index in [1.165, 1.54) is 12.8 Å². The van der Waals surface area contributed by atoms with Crippen molar-refractivity contribution in [1.29, 1.82) is 0 Å².